The molecule has 4 aliphatic carbocycles. The fraction of sp³-hybridized carbons (Fsp3) is 0.846. The first-order valence-corrected chi connectivity index (χ1v) is 12.0. The fourth-order valence-electron chi connectivity index (χ4n) is 6.67. The van der Waals surface area contributed by atoms with Crippen LogP contribution < -0.4 is 0 Å². The summed E-state index contributed by atoms with van der Waals surface area (Å²) in [5.41, 5.74) is -7.75. The molecule has 0 atom stereocenters. The molecule has 8 heteroatoms. The average molecular weight is 481 g/mol. The van der Waals surface area contributed by atoms with E-state index in [1.807, 2.05) is 0 Å². The fourth-order valence-corrected chi connectivity index (χ4v) is 6.67. The third-order valence-electron chi connectivity index (χ3n) is 7.01. The number of carbonyl (C=O) groups is 4. The first kappa shape index (κ1) is 26.5. The molecular weight excluding hydrogens is 440 g/mol. The summed E-state index contributed by atoms with van der Waals surface area (Å²) in [7, 11) is 0. The molecule has 4 saturated carbocycles. The second kappa shape index (κ2) is 7.44. The normalized spacial score (nSPS) is 35.0. The second-order valence-electron chi connectivity index (χ2n) is 14.0. The number of ether oxygens (including phenoxy) is 3. The quantitative estimate of drug-likeness (QED) is 0.464. The van der Waals surface area contributed by atoms with Crippen molar-refractivity contribution in [2.75, 3.05) is 0 Å². The highest BCUT2D eigenvalue weighted by molar-refractivity contribution is 5.91. The minimum atomic E-state index is -1.43. The Labute approximate surface area is 202 Å². The lowest BCUT2D eigenvalue weighted by Gasteiger charge is -2.66. The number of carbonyl (C=O) groups excluding carboxylic acids is 3. The number of carboxylic acid groups (broad SMARTS) is 1. The molecule has 0 radical (unpaired) electrons. The lowest BCUT2D eigenvalue weighted by Crippen LogP contribution is -2.69. The van der Waals surface area contributed by atoms with Crippen LogP contribution in [0, 0.1) is 21.7 Å². The summed E-state index contributed by atoms with van der Waals surface area (Å²) in [4.78, 5) is 53.7. The summed E-state index contributed by atoms with van der Waals surface area (Å²) >= 11 is 0. The number of carboxylic acids is 1. The van der Waals surface area contributed by atoms with E-state index in [1.54, 1.807) is 62.3 Å². The molecule has 0 aromatic heterocycles. The second-order valence-corrected chi connectivity index (χ2v) is 14.0. The van der Waals surface area contributed by atoms with Gasteiger partial charge in [0.05, 0.1) is 21.7 Å². The first-order chi connectivity index (χ1) is 15.1. The van der Waals surface area contributed by atoms with Gasteiger partial charge in [-0.05, 0) is 101 Å². The Morgan fingerprint density at radius 2 is 0.706 bits per heavy atom. The van der Waals surface area contributed by atoms with Crippen LogP contribution in [0.15, 0.2) is 0 Å². The van der Waals surface area contributed by atoms with Gasteiger partial charge < -0.3 is 19.3 Å². The van der Waals surface area contributed by atoms with Crippen molar-refractivity contribution in [3.8, 4) is 0 Å². The number of hydrogen-bond acceptors (Lipinski definition) is 7. The molecular formula is C26H40O8. The topological polar surface area (TPSA) is 116 Å². The summed E-state index contributed by atoms with van der Waals surface area (Å²) in [5, 5.41) is 10.4. The van der Waals surface area contributed by atoms with Crippen LogP contribution in [0.2, 0.25) is 0 Å². The Morgan fingerprint density at radius 1 is 0.500 bits per heavy atom. The molecule has 4 aliphatic rings. The summed E-state index contributed by atoms with van der Waals surface area (Å²) in [6.45, 7) is 15.7. The zero-order valence-electron chi connectivity index (χ0n) is 22.0. The van der Waals surface area contributed by atoms with Gasteiger partial charge in [-0.15, -0.1) is 0 Å². The van der Waals surface area contributed by atoms with Crippen molar-refractivity contribution in [1.29, 1.82) is 0 Å². The summed E-state index contributed by atoms with van der Waals surface area (Å²) in [6, 6.07) is 0. The van der Waals surface area contributed by atoms with Gasteiger partial charge in [0.2, 0.25) is 0 Å². The molecule has 0 aromatic rings. The number of rotatable bonds is 4. The van der Waals surface area contributed by atoms with Crippen molar-refractivity contribution in [1.82, 2.24) is 0 Å². The Balaban J connectivity index is 2.20. The minimum absolute atomic E-state index is 0.0271. The minimum Gasteiger partial charge on any atom is -0.481 e. The van der Waals surface area contributed by atoms with E-state index in [1.165, 1.54) is 0 Å². The van der Waals surface area contributed by atoms with Crippen molar-refractivity contribution < 1.29 is 38.5 Å². The van der Waals surface area contributed by atoms with Crippen molar-refractivity contribution in [2.24, 2.45) is 21.7 Å². The van der Waals surface area contributed by atoms with E-state index in [0.29, 0.717) is 0 Å². The molecule has 8 nitrogen and oxygen atoms in total. The summed E-state index contributed by atoms with van der Waals surface area (Å²) in [6.07, 6.45) is 0.383. The monoisotopic (exact) mass is 480 g/mol. The highest BCUT2D eigenvalue weighted by Crippen LogP contribution is 2.75. The molecule has 4 bridgehead atoms. The Bertz CT molecular complexity index is 795. The van der Waals surface area contributed by atoms with Crippen LogP contribution in [-0.2, 0) is 33.4 Å². The molecule has 34 heavy (non-hydrogen) atoms. The molecule has 0 heterocycles. The Morgan fingerprint density at radius 3 is 0.882 bits per heavy atom. The van der Waals surface area contributed by atoms with Crippen LogP contribution >= 0.6 is 0 Å². The summed E-state index contributed by atoms with van der Waals surface area (Å²) in [5.74, 6) is -2.80. The number of aliphatic carboxylic acids is 1. The van der Waals surface area contributed by atoms with Crippen molar-refractivity contribution in [3.63, 3.8) is 0 Å². The Hall–Kier alpha value is -2.12. The van der Waals surface area contributed by atoms with Crippen LogP contribution in [0.1, 0.15) is 101 Å². The van der Waals surface area contributed by atoms with Gasteiger partial charge in [-0.2, -0.15) is 0 Å². The standard InChI is InChI=1S/C26H40O8/c1-20(2,3)32-17(29)24-10-23(16(27)28)11-25(13-24,18(30)33-21(4,5)6)15-26(12-23,14-24)19(31)34-22(7,8)9/h10-15H2,1-9H3,(H,27,28). The van der Waals surface area contributed by atoms with E-state index in [9.17, 15) is 24.3 Å². The van der Waals surface area contributed by atoms with E-state index >= 15 is 0 Å². The van der Waals surface area contributed by atoms with Crippen molar-refractivity contribution >= 4 is 23.9 Å². The lowest BCUT2D eigenvalue weighted by atomic mass is 9.35. The average Bonchev–Trinajstić information content (AvgIpc) is 2.56. The first-order valence-electron chi connectivity index (χ1n) is 12.0. The van der Waals surface area contributed by atoms with Crippen molar-refractivity contribution in [3.05, 3.63) is 0 Å². The third-order valence-corrected chi connectivity index (χ3v) is 7.01. The van der Waals surface area contributed by atoms with Crippen LogP contribution in [-0.4, -0.2) is 45.8 Å². The third kappa shape index (κ3) is 4.69. The van der Waals surface area contributed by atoms with E-state index in [0.717, 1.165) is 0 Å². The molecule has 0 aliphatic heterocycles. The molecule has 0 aromatic carbocycles. The predicted octanol–water partition coefficient (Wildman–Crippen LogP) is 4.42. The van der Waals surface area contributed by atoms with Gasteiger partial charge in [0.25, 0.3) is 0 Å². The van der Waals surface area contributed by atoms with Gasteiger partial charge in [-0.3, -0.25) is 19.2 Å². The molecule has 0 amide bonds. The molecule has 1 N–H and O–H groups in total. The molecule has 4 rings (SSSR count). The highest BCUT2D eigenvalue weighted by atomic mass is 16.6. The van der Waals surface area contributed by atoms with E-state index in [-0.39, 0.29) is 38.5 Å². The van der Waals surface area contributed by atoms with Gasteiger partial charge in [0.15, 0.2) is 0 Å². The van der Waals surface area contributed by atoms with Gasteiger partial charge in [0, 0.05) is 0 Å². The zero-order valence-corrected chi connectivity index (χ0v) is 22.0. The lowest BCUT2D eigenvalue weighted by molar-refractivity contribution is -0.242. The molecule has 0 spiro atoms. The van der Waals surface area contributed by atoms with Gasteiger partial charge in [-0.1, -0.05) is 0 Å². The molecule has 0 unspecified atom stereocenters. The highest BCUT2D eigenvalue weighted by Gasteiger charge is 2.77. The van der Waals surface area contributed by atoms with Gasteiger partial charge in [0.1, 0.15) is 16.8 Å². The van der Waals surface area contributed by atoms with Gasteiger partial charge >= 0.3 is 23.9 Å². The van der Waals surface area contributed by atoms with Crippen molar-refractivity contribution in [2.45, 2.75) is 118 Å². The number of hydrogen-bond donors (Lipinski definition) is 1. The largest absolute Gasteiger partial charge is 0.481 e. The van der Waals surface area contributed by atoms with E-state index in [4.69, 9.17) is 14.2 Å². The van der Waals surface area contributed by atoms with Crippen LogP contribution in [0.4, 0.5) is 0 Å². The maximum atomic E-state index is 13.7. The molecule has 4 fully saturated rings. The molecule has 0 saturated heterocycles. The van der Waals surface area contributed by atoms with E-state index in [2.05, 4.69) is 0 Å². The Kier molecular flexibility index (Phi) is 5.79. The predicted molar refractivity (Wildman–Crippen MR) is 123 cm³/mol. The molecule has 192 valence electrons. The zero-order chi connectivity index (χ0) is 26.2. The van der Waals surface area contributed by atoms with E-state index < -0.39 is 62.3 Å². The SMILES string of the molecule is CC(C)(C)OC(=O)C12CC3(C(=O)O)CC(C(=O)OC(C)(C)C)(C1)CC(C(=O)OC(C)(C)C)(C3)C2. The van der Waals surface area contributed by atoms with Crippen LogP contribution in [0.5, 0.6) is 0 Å². The maximum Gasteiger partial charge on any atom is 0.312 e. The van der Waals surface area contributed by atoms with Gasteiger partial charge in [-0.25, -0.2) is 0 Å². The number of esters is 3. The van der Waals surface area contributed by atoms with Crippen LogP contribution in [0.25, 0.3) is 0 Å². The smallest absolute Gasteiger partial charge is 0.312 e. The summed E-state index contributed by atoms with van der Waals surface area (Å²) < 4.78 is 17.3. The maximum absolute atomic E-state index is 13.7. The van der Waals surface area contributed by atoms with Crippen LogP contribution in [0.3, 0.4) is 0 Å².